The van der Waals surface area contributed by atoms with Crippen LogP contribution in [0.2, 0.25) is 5.02 Å². The molecule has 0 atom stereocenters. The summed E-state index contributed by atoms with van der Waals surface area (Å²) in [7, 11) is -1.59. The van der Waals surface area contributed by atoms with Crippen molar-refractivity contribution in [1.82, 2.24) is 0 Å². The number of carbonyl (C=O) groups excluding carboxylic acids is 2. The molecule has 8 heteroatoms. The lowest BCUT2D eigenvalue weighted by Crippen LogP contribution is -2.27. The molecule has 0 aliphatic heterocycles. The minimum Gasteiger partial charge on any atom is -0.326 e. The van der Waals surface area contributed by atoms with Gasteiger partial charge < -0.3 is 10.2 Å². The molecule has 0 aromatic heterocycles. The lowest BCUT2D eigenvalue weighted by atomic mass is 10.1. The molecule has 4 rings (SSSR count). The van der Waals surface area contributed by atoms with Gasteiger partial charge in [-0.05, 0) is 73.2 Å². The highest BCUT2D eigenvalue weighted by Crippen LogP contribution is 2.32. The quantitative estimate of drug-likeness (QED) is 0.446. The van der Waals surface area contributed by atoms with Gasteiger partial charge in [0.25, 0.3) is 5.91 Å². The minimum absolute atomic E-state index is 0.0806. The Kier molecular flexibility index (Phi) is 7.28. The first kappa shape index (κ1) is 24.9. The van der Waals surface area contributed by atoms with E-state index in [2.05, 4.69) is 5.32 Å². The van der Waals surface area contributed by atoms with Crippen LogP contribution >= 0.6 is 11.6 Å². The van der Waals surface area contributed by atoms with Crippen LogP contribution in [-0.2, 0) is 21.1 Å². The van der Waals surface area contributed by atoms with E-state index in [1.165, 1.54) is 0 Å². The predicted molar refractivity (Wildman–Crippen MR) is 139 cm³/mol. The Labute approximate surface area is 210 Å². The molecular formula is C27H27ClN2O4S. The van der Waals surface area contributed by atoms with Crippen molar-refractivity contribution in [3.05, 3.63) is 88.4 Å². The fraction of sp³-hybridized carbons (Fsp3) is 0.259. The third kappa shape index (κ3) is 6.10. The van der Waals surface area contributed by atoms with Crippen LogP contribution < -0.4 is 10.2 Å². The molecule has 1 fully saturated rings. The van der Waals surface area contributed by atoms with Crippen molar-refractivity contribution < 1.29 is 18.0 Å². The second-order valence-electron chi connectivity index (χ2n) is 8.94. The molecule has 0 radical (unpaired) electrons. The highest BCUT2D eigenvalue weighted by atomic mass is 35.5. The Bertz CT molecular complexity index is 1370. The highest BCUT2D eigenvalue weighted by Gasteiger charge is 2.29. The molecule has 3 aromatic carbocycles. The Morgan fingerprint density at radius 1 is 1.03 bits per heavy atom. The number of nitrogens with one attached hydrogen (secondary N) is 1. The first-order chi connectivity index (χ1) is 16.6. The normalized spacial score (nSPS) is 13.3. The molecule has 0 heterocycles. The summed E-state index contributed by atoms with van der Waals surface area (Å²) in [5, 5.41) is 3.01. The summed E-state index contributed by atoms with van der Waals surface area (Å²) in [6.07, 6.45) is 2.03. The fourth-order valence-corrected chi connectivity index (χ4v) is 5.85. The van der Waals surface area contributed by atoms with E-state index in [1.807, 2.05) is 31.2 Å². The second kappa shape index (κ2) is 10.2. The van der Waals surface area contributed by atoms with Gasteiger partial charge in [0.2, 0.25) is 5.91 Å². The largest absolute Gasteiger partial charge is 0.326 e. The third-order valence-corrected chi connectivity index (χ3v) is 8.28. The van der Waals surface area contributed by atoms with Crippen molar-refractivity contribution in [2.24, 2.45) is 5.92 Å². The number of amides is 2. The first-order valence-corrected chi connectivity index (χ1v) is 13.4. The zero-order chi connectivity index (χ0) is 25.2. The van der Waals surface area contributed by atoms with Gasteiger partial charge in [-0.1, -0.05) is 41.9 Å². The Balaban J connectivity index is 1.39. The number of para-hydroxylation sites is 1. The predicted octanol–water partition coefficient (Wildman–Crippen LogP) is 5.29. The summed E-state index contributed by atoms with van der Waals surface area (Å²) in [5.74, 6) is -0.0567. The van der Waals surface area contributed by atoms with E-state index >= 15 is 0 Å². The molecule has 1 N–H and O–H groups in total. The summed E-state index contributed by atoms with van der Waals surface area (Å²) < 4.78 is 24.8. The average molecular weight is 511 g/mol. The highest BCUT2D eigenvalue weighted by molar-refractivity contribution is 7.91. The minimum atomic E-state index is -3.28. The van der Waals surface area contributed by atoms with Crippen LogP contribution in [0, 0.1) is 12.8 Å². The maximum absolute atomic E-state index is 13.0. The van der Waals surface area contributed by atoms with Gasteiger partial charge in [-0.3, -0.25) is 9.59 Å². The SMILES string of the molecule is Cc1ccccc1N(C)C(=O)c1ccc(NC(=O)Cc2ccc(S(=O)(=O)CC3CC3)cc2)cc1Cl. The molecule has 1 aliphatic carbocycles. The van der Waals surface area contributed by atoms with E-state index in [1.54, 1.807) is 54.4 Å². The molecule has 0 unspecified atom stereocenters. The number of benzene rings is 3. The van der Waals surface area contributed by atoms with Crippen molar-refractivity contribution in [2.45, 2.75) is 31.1 Å². The van der Waals surface area contributed by atoms with Crippen LogP contribution in [0.15, 0.2) is 71.6 Å². The summed E-state index contributed by atoms with van der Waals surface area (Å²) in [4.78, 5) is 27.3. The summed E-state index contributed by atoms with van der Waals surface area (Å²) in [6, 6.07) is 18.8. The fourth-order valence-electron chi connectivity index (χ4n) is 3.89. The maximum Gasteiger partial charge on any atom is 0.259 e. The van der Waals surface area contributed by atoms with Gasteiger partial charge in [-0.25, -0.2) is 8.42 Å². The standard InChI is InChI=1S/C27H27ClN2O4S/c1-18-5-3-4-6-25(18)30(2)27(32)23-14-11-21(16-24(23)28)29-26(31)15-19-9-12-22(13-10-19)35(33,34)17-20-7-8-20/h3-6,9-14,16,20H,7-8,15,17H2,1-2H3,(H,29,31). The molecule has 35 heavy (non-hydrogen) atoms. The van der Waals surface area contributed by atoms with E-state index in [4.69, 9.17) is 11.6 Å². The number of carbonyl (C=O) groups is 2. The number of sulfone groups is 1. The van der Waals surface area contributed by atoms with E-state index in [0.717, 1.165) is 24.1 Å². The molecule has 3 aromatic rings. The van der Waals surface area contributed by atoms with Gasteiger partial charge in [-0.15, -0.1) is 0 Å². The lowest BCUT2D eigenvalue weighted by Gasteiger charge is -2.20. The van der Waals surface area contributed by atoms with Gasteiger partial charge in [0, 0.05) is 18.4 Å². The van der Waals surface area contributed by atoms with E-state index < -0.39 is 9.84 Å². The molecule has 2 amide bonds. The van der Waals surface area contributed by atoms with E-state index in [0.29, 0.717) is 16.8 Å². The monoisotopic (exact) mass is 510 g/mol. The number of hydrogen-bond donors (Lipinski definition) is 1. The summed E-state index contributed by atoms with van der Waals surface area (Å²) in [5.41, 5.74) is 3.26. The molecule has 6 nitrogen and oxygen atoms in total. The van der Waals surface area contributed by atoms with Gasteiger partial charge in [-0.2, -0.15) is 0 Å². The van der Waals surface area contributed by atoms with E-state index in [-0.39, 0.29) is 39.8 Å². The topological polar surface area (TPSA) is 83.6 Å². The van der Waals surface area contributed by atoms with Crippen molar-refractivity contribution in [3.63, 3.8) is 0 Å². The third-order valence-electron chi connectivity index (χ3n) is 6.06. The lowest BCUT2D eigenvalue weighted by molar-refractivity contribution is -0.115. The van der Waals surface area contributed by atoms with Crippen molar-refractivity contribution in [2.75, 3.05) is 23.0 Å². The molecule has 0 spiro atoms. The smallest absolute Gasteiger partial charge is 0.259 e. The van der Waals surface area contributed by atoms with Crippen LogP contribution in [0.4, 0.5) is 11.4 Å². The zero-order valence-electron chi connectivity index (χ0n) is 19.6. The number of anilines is 2. The van der Waals surface area contributed by atoms with Crippen molar-refractivity contribution >= 4 is 44.6 Å². The summed E-state index contributed by atoms with van der Waals surface area (Å²) >= 11 is 6.38. The van der Waals surface area contributed by atoms with Crippen LogP contribution in [0.3, 0.4) is 0 Å². The number of hydrogen-bond acceptors (Lipinski definition) is 4. The van der Waals surface area contributed by atoms with Crippen molar-refractivity contribution in [3.8, 4) is 0 Å². The van der Waals surface area contributed by atoms with Crippen LogP contribution in [0.25, 0.3) is 0 Å². The van der Waals surface area contributed by atoms with Gasteiger partial charge in [0.05, 0.1) is 27.7 Å². The molecule has 0 bridgehead atoms. The Morgan fingerprint density at radius 3 is 2.34 bits per heavy atom. The molecular weight excluding hydrogens is 484 g/mol. The average Bonchev–Trinajstić information content (AvgIpc) is 3.62. The van der Waals surface area contributed by atoms with E-state index in [9.17, 15) is 18.0 Å². The zero-order valence-corrected chi connectivity index (χ0v) is 21.2. The maximum atomic E-state index is 13.0. The Morgan fingerprint density at radius 2 is 1.71 bits per heavy atom. The number of halogens is 1. The number of aryl methyl sites for hydroxylation is 1. The molecule has 1 aliphatic rings. The first-order valence-electron chi connectivity index (χ1n) is 11.4. The van der Waals surface area contributed by atoms with Crippen LogP contribution in [0.5, 0.6) is 0 Å². The van der Waals surface area contributed by atoms with Crippen molar-refractivity contribution in [1.29, 1.82) is 0 Å². The Hall–Kier alpha value is -3.16. The number of rotatable bonds is 8. The van der Waals surface area contributed by atoms with Crippen LogP contribution in [0.1, 0.15) is 34.3 Å². The number of nitrogens with zero attached hydrogens (tertiary/aromatic N) is 1. The van der Waals surface area contributed by atoms with Crippen LogP contribution in [-0.4, -0.2) is 33.0 Å². The van der Waals surface area contributed by atoms with Gasteiger partial charge in [0.15, 0.2) is 9.84 Å². The van der Waals surface area contributed by atoms with Gasteiger partial charge >= 0.3 is 0 Å². The second-order valence-corrected chi connectivity index (χ2v) is 11.4. The molecule has 0 saturated heterocycles. The van der Waals surface area contributed by atoms with Gasteiger partial charge in [0.1, 0.15) is 0 Å². The molecule has 182 valence electrons. The summed E-state index contributed by atoms with van der Waals surface area (Å²) in [6.45, 7) is 1.93. The molecule has 1 saturated carbocycles.